The molecular weight excluding hydrogens is 1020 g/mol. The first-order valence-corrected chi connectivity index (χ1v) is 28.4. The number of fused-ring (bicyclic) bond motifs is 1. The van der Waals surface area contributed by atoms with Gasteiger partial charge in [-0.1, -0.05) is 121 Å². The molecule has 8 aromatic rings. The van der Waals surface area contributed by atoms with E-state index < -0.39 is 21.2 Å². The molecule has 0 aliphatic rings. The molecule has 0 aliphatic heterocycles. The lowest BCUT2D eigenvalue weighted by Crippen LogP contribution is -2.11. The van der Waals surface area contributed by atoms with Gasteiger partial charge in [-0.3, -0.25) is 20.2 Å². The zero-order valence-electron chi connectivity index (χ0n) is 49.7. The SMILES string of the molecule is CC.CC.CC(C)COc1ccc(N(c2ccc(OCC(C)C)cc2)c2ccc(-c3c([N+](=O)[O-])c([N+](=O)[O-])c(-c4ccc(N(c5ccc(OCC(C)C)cc5)c5ccc(OCC(C)C)cc5)cc4)c4nn(CC(C)C)nc34)cc2)cc1. The molecule has 0 bridgehead atoms. The minimum absolute atomic E-state index is 0.00342. The lowest BCUT2D eigenvalue weighted by atomic mass is 9.93. The van der Waals surface area contributed by atoms with E-state index in [1.54, 1.807) is 24.3 Å². The van der Waals surface area contributed by atoms with Gasteiger partial charge in [-0.25, -0.2) is 0 Å². The van der Waals surface area contributed by atoms with Crippen molar-refractivity contribution in [2.24, 2.45) is 29.6 Å². The van der Waals surface area contributed by atoms with Crippen molar-refractivity contribution in [1.82, 2.24) is 15.0 Å². The molecule has 7 aromatic carbocycles. The summed E-state index contributed by atoms with van der Waals surface area (Å²) in [5.41, 5.74) is 4.47. The molecule has 0 radical (unpaired) electrons. The molecule has 0 amide bonds. The summed E-state index contributed by atoms with van der Waals surface area (Å²) in [5, 5.41) is 36.9. The van der Waals surface area contributed by atoms with Crippen LogP contribution in [0, 0.1) is 49.8 Å². The molecule has 0 fully saturated rings. The molecule has 0 aliphatic carbocycles. The van der Waals surface area contributed by atoms with Gasteiger partial charge in [-0.2, -0.15) is 15.0 Å². The monoisotopic (exact) mass is 1100 g/mol. The lowest BCUT2D eigenvalue weighted by Gasteiger charge is -2.26. The van der Waals surface area contributed by atoms with Gasteiger partial charge in [-0.15, -0.1) is 0 Å². The highest BCUT2D eigenvalue weighted by Crippen LogP contribution is 2.50. The third kappa shape index (κ3) is 15.9. The molecule has 81 heavy (non-hydrogen) atoms. The summed E-state index contributed by atoms with van der Waals surface area (Å²) < 4.78 is 24.0. The smallest absolute Gasteiger partial charge is 0.356 e. The van der Waals surface area contributed by atoms with Crippen molar-refractivity contribution >= 4 is 56.5 Å². The van der Waals surface area contributed by atoms with Gasteiger partial charge in [0, 0.05) is 34.1 Å². The van der Waals surface area contributed by atoms with Gasteiger partial charge < -0.3 is 28.7 Å². The van der Waals surface area contributed by atoms with Gasteiger partial charge >= 0.3 is 11.4 Å². The molecule has 0 atom stereocenters. The first kappa shape index (κ1) is 61.7. The predicted molar refractivity (Wildman–Crippen MR) is 330 cm³/mol. The number of nitro benzene ring substituents is 2. The van der Waals surface area contributed by atoms with Gasteiger partial charge in [-0.05, 0) is 162 Å². The Morgan fingerprint density at radius 3 is 0.802 bits per heavy atom. The van der Waals surface area contributed by atoms with E-state index in [9.17, 15) is 20.2 Å². The lowest BCUT2D eigenvalue weighted by molar-refractivity contribution is -0.421. The Bertz CT molecular complexity index is 2920. The number of nitrogens with zero attached hydrogens (tertiary/aromatic N) is 7. The van der Waals surface area contributed by atoms with Crippen LogP contribution in [-0.4, -0.2) is 51.3 Å². The van der Waals surface area contributed by atoms with Crippen molar-refractivity contribution in [1.29, 1.82) is 0 Å². The van der Waals surface area contributed by atoms with E-state index in [2.05, 4.69) is 65.2 Å². The van der Waals surface area contributed by atoms with Crippen LogP contribution in [0.2, 0.25) is 0 Å². The second-order valence-corrected chi connectivity index (χ2v) is 21.4. The Morgan fingerprint density at radius 2 is 0.605 bits per heavy atom. The maximum Gasteiger partial charge on any atom is 0.356 e. The van der Waals surface area contributed by atoms with E-state index in [0.29, 0.717) is 67.8 Å². The third-order valence-electron chi connectivity index (χ3n) is 12.3. The van der Waals surface area contributed by atoms with Crippen LogP contribution < -0.4 is 28.7 Å². The molecule has 428 valence electrons. The van der Waals surface area contributed by atoms with E-state index in [1.165, 1.54) is 4.80 Å². The average Bonchev–Trinajstić information content (AvgIpc) is 4.16. The van der Waals surface area contributed by atoms with E-state index in [4.69, 9.17) is 29.1 Å². The maximum atomic E-state index is 13.5. The van der Waals surface area contributed by atoms with Crippen LogP contribution >= 0.6 is 0 Å². The maximum absolute atomic E-state index is 13.5. The highest BCUT2D eigenvalue weighted by molar-refractivity contribution is 6.10. The number of benzene rings is 7. The van der Waals surface area contributed by atoms with Gasteiger partial charge in [0.2, 0.25) is 0 Å². The number of rotatable bonds is 24. The standard InChI is InChI=1S/C62H69N7O8.2C2H6/c1-40(2)35-65-63-59-57(45-11-15-47(16-12-45)66(49-19-27-53(28-20-49)74-36-41(3)4)50-21-29-54(30-22-50)75-37-42(5)6)61(68(70)71)62(69(72)73)58(60(59)64-65)46-13-17-48(18-14-46)67(51-23-31-55(32-24-51)76-38-43(7)8)52-25-33-56(34-26-52)77-39-44(9)10;2*1-2/h11-34,40-44H,35-39H2,1-10H3;2*1-2H3. The van der Waals surface area contributed by atoms with Crippen molar-refractivity contribution in [3.63, 3.8) is 0 Å². The fraction of sp³-hybridized carbons (Fsp3) is 0.364. The first-order valence-electron chi connectivity index (χ1n) is 28.4. The normalized spacial score (nSPS) is 11.1. The molecule has 0 N–H and O–H groups in total. The van der Waals surface area contributed by atoms with Crippen molar-refractivity contribution in [3.8, 4) is 45.3 Å². The summed E-state index contributed by atoms with van der Waals surface area (Å²) in [6.45, 7) is 31.5. The molecule has 0 unspecified atom stereocenters. The van der Waals surface area contributed by atoms with Gasteiger partial charge in [0.25, 0.3) is 0 Å². The molecule has 1 heterocycles. The molecule has 8 rings (SSSR count). The number of anilines is 6. The number of nitro groups is 2. The molecule has 15 heteroatoms. The second kappa shape index (κ2) is 29.1. The molecule has 15 nitrogen and oxygen atoms in total. The summed E-state index contributed by atoms with van der Waals surface area (Å²) >= 11 is 0. The minimum Gasteiger partial charge on any atom is -0.493 e. The molecule has 0 saturated heterocycles. The Morgan fingerprint density at radius 1 is 0.383 bits per heavy atom. The third-order valence-corrected chi connectivity index (χ3v) is 12.3. The summed E-state index contributed by atoms with van der Waals surface area (Å²) in [6.07, 6.45) is 0. The molecule has 0 saturated carbocycles. The second-order valence-electron chi connectivity index (χ2n) is 21.4. The summed E-state index contributed by atoms with van der Waals surface area (Å²) in [7, 11) is 0. The quantitative estimate of drug-likeness (QED) is 0.0417. The Kier molecular flexibility index (Phi) is 22.2. The van der Waals surface area contributed by atoms with Crippen LogP contribution in [0.25, 0.3) is 33.3 Å². The number of aromatic nitrogens is 3. The van der Waals surface area contributed by atoms with Crippen molar-refractivity contribution < 1.29 is 28.8 Å². The van der Waals surface area contributed by atoms with Crippen LogP contribution in [0.1, 0.15) is 96.9 Å². The zero-order valence-corrected chi connectivity index (χ0v) is 49.7. The Balaban J connectivity index is 0.00000258. The topological polar surface area (TPSA) is 160 Å². The van der Waals surface area contributed by atoms with Crippen LogP contribution in [0.4, 0.5) is 45.5 Å². The predicted octanol–water partition coefficient (Wildman–Crippen LogP) is 18.4. The first-order chi connectivity index (χ1) is 38.9. The summed E-state index contributed by atoms with van der Waals surface area (Å²) in [4.78, 5) is 31.3. The Hall–Kier alpha value is -8.46. The number of hydrogen-bond acceptors (Lipinski definition) is 12. The van der Waals surface area contributed by atoms with E-state index in [0.717, 1.165) is 57.1 Å². The van der Waals surface area contributed by atoms with Crippen molar-refractivity contribution in [2.45, 2.75) is 103 Å². The molecule has 1 aromatic heterocycles. The molecular formula is C66H81N7O8. The Labute approximate surface area is 478 Å². The van der Waals surface area contributed by atoms with E-state index in [-0.39, 0.29) is 28.1 Å². The van der Waals surface area contributed by atoms with Gasteiger partial charge in [0.1, 0.15) is 34.0 Å². The minimum atomic E-state index is -0.682. The fourth-order valence-electron chi connectivity index (χ4n) is 8.72. The van der Waals surface area contributed by atoms with Crippen LogP contribution in [-0.2, 0) is 6.54 Å². The van der Waals surface area contributed by atoms with Gasteiger partial charge in [0.05, 0.1) is 53.9 Å². The molecule has 0 spiro atoms. The number of hydrogen-bond donors (Lipinski definition) is 0. The zero-order chi connectivity index (χ0) is 58.9. The van der Waals surface area contributed by atoms with Gasteiger partial charge in [0.15, 0.2) is 0 Å². The van der Waals surface area contributed by atoms with Crippen LogP contribution in [0.15, 0.2) is 146 Å². The fourth-order valence-corrected chi connectivity index (χ4v) is 8.72. The van der Waals surface area contributed by atoms with Crippen molar-refractivity contribution in [2.75, 3.05) is 36.2 Å². The van der Waals surface area contributed by atoms with Crippen LogP contribution in [0.5, 0.6) is 23.0 Å². The van der Waals surface area contributed by atoms with E-state index >= 15 is 0 Å². The summed E-state index contributed by atoms with van der Waals surface area (Å²) in [5.74, 6) is 4.46. The van der Waals surface area contributed by atoms with Crippen molar-refractivity contribution in [3.05, 3.63) is 166 Å². The summed E-state index contributed by atoms with van der Waals surface area (Å²) in [6, 6.07) is 45.6. The van der Waals surface area contributed by atoms with Crippen LogP contribution in [0.3, 0.4) is 0 Å². The average molecular weight is 1100 g/mol. The largest absolute Gasteiger partial charge is 0.493 e. The number of ether oxygens (including phenoxy) is 4. The highest BCUT2D eigenvalue weighted by Gasteiger charge is 2.39. The highest BCUT2D eigenvalue weighted by atomic mass is 16.6. The van der Waals surface area contributed by atoms with E-state index in [1.807, 2.05) is 163 Å².